The summed E-state index contributed by atoms with van der Waals surface area (Å²) in [6, 6.07) is 14.7. The average Bonchev–Trinajstić information content (AvgIpc) is 2.81. The van der Waals surface area contributed by atoms with E-state index in [0.29, 0.717) is 6.07 Å². The molecular formula is C22H18F3N3O5S. The van der Waals surface area contributed by atoms with Crippen LogP contribution in [0.15, 0.2) is 77.7 Å². The fourth-order valence-corrected chi connectivity index (χ4v) is 3.96. The van der Waals surface area contributed by atoms with Gasteiger partial charge in [0.25, 0.3) is 21.8 Å². The van der Waals surface area contributed by atoms with E-state index in [1.807, 2.05) is 0 Å². The zero-order valence-electron chi connectivity index (χ0n) is 17.5. The van der Waals surface area contributed by atoms with E-state index >= 15 is 0 Å². The number of benzene rings is 3. The molecule has 0 bridgehead atoms. The van der Waals surface area contributed by atoms with Gasteiger partial charge in [-0.2, -0.15) is 13.2 Å². The lowest BCUT2D eigenvalue weighted by molar-refractivity contribution is -0.137. The van der Waals surface area contributed by atoms with Crippen LogP contribution in [0.3, 0.4) is 0 Å². The number of hydrogen-bond acceptors (Lipinski definition) is 5. The Morgan fingerprint density at radius 3 is 2.24 bits per heavy atom. The molecule has 0 aliphatic rings. The normalized spacial score (nSPS) is 11.4. The second-order valence-corrected chi connectivity index (χ2v) is 8.50. The van der Waals surface area contributed by atoms with E-state index < -0.39 is 33.6 Å². The number of halogens is 3. The summed E-state index contributed by atoms with van der Waals surface area (Å²) in [4.78, 5) is 24.4. The first kappa shape index (κ1) is 24.6. The number of carbonyl (C=O) groups excluding carboxylic acids is 2. The Labute approximate surface area is 192 Å². The summed E-state index contributed by atoms with van der Waals surface area (Å²) < 4.78 is 71.1. The van der Waals surface area contributed by atoms with Crippen LogP contribution in [-0.2, 0) is 16.2 Å². The van der Waals surface area contributed by atoms with Crippen LogP contribution in [0.2, 0.25) is 0 Å². The number of sulfonamides is 1. The van der Waals surface area contributed by atoms with Crippen LogP contribution in [0.4, 0.5) is 18.9 Å². The summed E-state index contributed by atoms with van der Waals surface area (Å²) >= 11 is 0. The molecule has 8 nitrogen and oxygen atoms in total. The number of rotatable bonds is 6. The van der Waals surface area contributed by atoms with Gasteiger partial charge in [-0.05, 0) is 48.5 Å². The first-order chi connectivity index (χ1) is 16.0. The number of anilines is 1. The Bertz CT molecular complexity index is 1330. The molecule has 3 aromatic carbocycles. The minimum absolute atomic E-state index is 0.118. The zero-order chi connectivity index (χ0) is 24.9. The van der Waals surface area contributed by atoms with Gasteiger partial charge in [0, 0.05) is 11.3 Å². The molecule has 3 rings (SSSR count). The highest BCUT2D eigenvalue weighted by atomic mass is 32.2. The van der Waals surface area contributed by atoms with Crippen molar-refractivity contribution in [2.75, 3.05) is 11.8 Å². The second kappa shape index (κ2) is 9.83. The van der Waals surface area contributed by atoms with E-state index in [2.05, 4.69) is 15.6 Å². The molecule has 0 fully saturated rings. The molecular weight excluding hydrogens is 475 g/mol. The van der Waals surface area contributed by atoms with E-state index in [9.17, 15) is 31.2 Å². The van der Waals surface area contributed by atoms with Crippen LogP contribution in [0.25, 0.3) is 0 Å². The van der Waals surface area contributed by atoms with Crippen LogP contribution in [-0.4, -0.2) is 27.3 Å². The van der Waals surface area contributed by atoms with E-state index in [0.717, 1.165) is 24.3 Å². The van der Waals surface area contributed by atoms with Crippen molar-refractivity contribution in [1.29, 1.82) is 0 Å². The molecule has 0 saturated heterocycles. The number of hydrazine groups is 1. The molecule has 0 aliphatic heterocycles. The van der Waals surface area contributed by atoms with Gasteiger partial charge in [0.05, 0.1) is 23.1 Å². The molecule has 0 spiro atoms. The van der Waals surface area contributed by atoms with Crippen molar-refractivity contribution in [1.82, 2.24) is 10.9 Å². The smallest absolute Gasteiger partial charge is 0.416 e. The van der Waals surface area contributed by atoms with Gasteiger partial charge < -0.3 is 4.74 Å². The molecule has 3 aromatic rings. The maximum Gasteiger partial charge on any atom is 0.416 e. The van der Waals surface area contributed by atoms with E-state index in [4.69, 9.17) is 4.74 Å². The number of amides is 2. The van der Waals surface area contributed by atoms with Crippen molar-refractivity contribution < 1.29 is 35.9 Å². The van der Waals surface area contributed by atoms with Gasteiger partial charge in [0.1, 0.15) is 5.75 Å². The standard InChI is InChI=1S/C22H18F3N3O5S/c1-33-19-11-3-2-10-18(19)21(30)27-26-20(29)14-6-4-9-17(12-14)34(31,32)28-16-8-5-7-15(13-16)22(23,24)25/h2-13,28H,1H3,(H,26,29)(H,27,30). The lowest BCUT2D eigenvalue weighted by atomic mass is 10.2. The molecule has 0 radical (unpaired) electrons. The van der Waals surface area contributed by atoms with E-state index in [1.54, 1.807) is 18.2 Å². The van der Waals surface area contributed by atoms with Crippen LogP contribution in [0.5, 0.6) is 5.75 Å². The average molecular weight is 493 g/mol. The summed E-state index contributed by atoms with van der Waals surface area (Å²) in [5, 5.41) is 0. The van der Waals surface area contributed by atoms with Gasteiger partial charge in [-0.1, -0.05) is 24.3 Å². The van der Waals surface area contributed by atoms with Crippen molar-refractivity contribution in [2.45, 2.75) is 11.1 Å². The Hall–Kier alpha value is -4.06. The maximum atomic E-state index is 12.9. The van der Waals surface area contributed by atoms with Crippen LogP contribution < -0.4 is 20.3 Å². The number of ether oxygens (including phenoxy) is 1. The predicted molar refractivity (Wildman–Crippen MR) is 117 cm³/mol. The summed E-state index contributed by atoms with van der Waals surface area (Å²) in [5.74, 6) is -1.21. The Kier molecular flexibility index (Phi) is 7.11. The number of hydrogen-bond donors (Lipinski definition) is 3. The summed E-state index contributed by atoms with van der Waals surface area (Å²) in [6.45, 7) is 0. The molecule has 0 saturated carbocycles. The third-order valence-corrected chi connectivity index (χ3v) is 5.87. The minimum Gasteiger partial charge on any atom is -0.496 e. The third kappa shape index (κ3) is 5.84. The highest BCUT2D eigenvalue weighted by molar-refractivity contribution is 7.92. The van der Waals surface area contributed by atoms with Crippen molar-refractivity contribution in [2.24, 2.45) is 0 Å². The van der Waals surface area contributed by atoms with Gasteiger partial charge in [-0.25, -0.2) is 8.42 Å². The molecule has 0 atom stereocenters. The number of para-hydroxylation sites is 1. The van der Waals surface area contributed by atoms with Crippen molar-refractivity contribution in [3.05, 3.63) is 89.5 Å². The first-order valence-electron chi connectivity index (χ1n) is 9.55. The highest BCUT2D eigenvalue weighted by Crippen LogP contribution is 2.31. The van der Waals surface area contributed by atoms with Crippen LogP contribution in [0.1, 0.15) is 26.3 Å². The van der Waals surface area contributed by atoms with E-state index in [1.165, 1.54) is 31.4 Å². The molecule has 0 aromatic heterocycles. The molecule has 0 unspecified atom stereocenters. The Morgan fingerprint density at radius 1 is 0.853 bits per heavy atom. The molecule has 0 heterocycles. The molecule has 34 heavy (non-hydrogen) atoms. The van der Waals surface area contributed by atoms with Gasteiger partial charge in [-0.15, -0.1) is 0 Å². The quantitative estimate of drug-likeness (QED) is 0.454. The molecule has 12 heteroatoms. The largest absolute Gasteiger partial charge is 0.496 e. The van der Waals surface area contributed by atoms with Crippen LogP contribution in [0, 0.1) is 0 Å². The van der Waals surface area contributed by atoms with Crippen molar-refractivity contribution >= 4 is 27.5 Å². The lowest BCUT2D eigenvalue weighted by Gasteiger charge is -2.12. The minimum atomic E-state index is -4.65. The summed E-state index contributed by atoms with van der Waals surface area (Å²) in [7, 11) is -2.94. The topological polar surface area (TPSA) is 114 Å². The summed E-state index contributed by atoms with van der Waals surface area (Å²) in [5.41, 5.74) is 3.09. The number of alkyl halides is 3. The SMILES string of the molecule is COc1ccccc1C(=O)NNC(=O)c1cccc(S(=O)(=O)Nc2cccc(C(F)(F)F)c2)c1. The number of nitrogens with one attached hydrogen (secondary N) is 3. The van der Waals surface area contributed by atoms with Crippen molar-refractivity contribution in [3.8, 4) is 5.75 Å². The lowest BCUT2D eigenvalue weighted by Crippen LogP contribution is -2.41. The maximum absolute atomic E-state index is 12.9. The number of carbonyl (C=O) groups is 2. The van der Waals surface area contributed by atoms with Gasteiger partial charge in [0.15, 0.2) is 0 Å². The fraction of sp³-hybridized carbons (Fsp3) is 0.0909. The molecule has 0 aliphatic carbocycles. The van der Waals surface area contributed by atoms with Gasteiger partial charge >= 0.3 is 6.18 Å². The van der Waals surface area contributed by atoms with Crippen molar-refractivity contribution in [3.63, 3.8) is 0 Å². The molecule has 2 amide bonds. The molecule has 3 N–H and O–H groups in total. The Balaban J connectivity index is 1.73. The molecule has 178 valence electrons. The van der Waals surface area contributed by atoms with E-state index in [-0.39, 0.29) is 27.5 Å². The Morgan fingerprint density at radius 2 is 1.53 bits per heavy atom. The third-order valence-electron chi connectivity index (χ3n) is 4.49. The first-order valence-corrected chi connectivity index (χ1v) is 11.0. The fourth-order valence-electron chi connectivity index (χ4n) is 2.86. The summed E-state index contributed by atoms with van der Waals surface area (Å²) in [6.07, 6.45) is -4.65. The van der Waals surface area contributed by atoms with Crippen LogP contribution >= 0.6 is 0 Å². The zero-order valence-corrected chi connectivity index (χ0v) is 18.3. The number of methoxy groups -OCH3 is 1. The van der Waals surface area contributed by atoms with Gasteiger partial charge in [-0.3, -0.25) is 25.2 Å². The van der Waals surface area contributed by atoms with Gasteiger partial charge in [0.2, 0.25) is 0 Å². The second-order valence-electron chi connectivity index (χ2n) is 6.82. The predicted octanol–water partition coefficient (Wildman–Crippen LogP) is 3.59. The highest BCUT2D eigenvalue weighted by Gasteiger charge is 2.30. The monoisotopic (exact) mass is 493 g/mol.